The highest BCUT2D eigenvalue weighted by molar-refractivity contribution is 7.99. The van der Waals surface area contributed by atoms with E-state index in [1.54, 1.807) is 6.20 Å². The smallest absolute Gasteiger partial charge is 0.141 e. The Morgan fingerprint density at radius 1 is 1.60 bits per heavy atom. The molecule has 1 aromatic heterocycles. The average Bonchev–Trinajstić information content (AvgIpc) is 2.29. The van der Waals surface area contributed by atoms with Crippen molar-refractivity contribution >= 4 is 11.8 Å². The summed E-state index contributed by atoms with van der Waals surface area (Å²) < 4.78 is 18.5. The molecule has 0 aliphatic carbocycles. The molecule has 2 unspecified atom stereocenters. The Bertz CT molecular complexity index is 331. The van der Waals surface area contributed by atoms with Crippen molar-refractivity contribution in [1.82, 2.24) is 4.98 Å². The maximum Gasteiger partial charge on any atom is 0.141 e. The molecular weight excluding hydrogens is 215 g/mol. The molecule has 1 aliphatic heterocycles. The highest BCUT2D eigenvalue weighted by atomic mass is 32.2. The second-order valence-corrected chi connectivity index (χ2v) is 4.60. The van der Waals surface area contributed by atoms with Gasteiger partial charge in [-0.3, -0.25) is 4.98 Å². The van der Waals surface area contributed by atoms with Crippen LogP contribution in [0.3, 0.4) is 0 Å². The van der Waals surface area contributed by atoms with Crippen molar-refractivity contribution in [3.63, 3.8) is 0 Å². The summed E-state index contributed by atoms with van der Waals surface area (Å²) in [6.45, 7) is 0.714. The first kappa shape index (κ1) is 10.9. The fraction of sp³-hybridized carbons (Fsp3) is 0.500. The van der Waals surface area contributed by atoms with E-state index in [2.05, 4.69) is 4.98 Å². The molecule has 0 saturated carbocycles. The number of pyridine rings is 1. The molecule has 2 rings (SSSR count). The molecule has 2 heterocycles. The Morgan fingerprint density at radius 2 is 2.47 bits per heavy atom. The third-order valence-electron chi connectivity index (χ3n) is 2.35. The van der Waals surface area contributed by atoms with Crippen molar-refractivity contribution < 1.29 is 9.13 Å². The number of thioether (sulfide) groups is 1. The van der Waals surface area contributed by atoms with Gasteiger partial charge in [-0.15, -0.1) is 0 Å². The van der Waals surface area contributed by atoms with Crippen LogP contribution >= 0.6 is 11.8 Å². The lowest BCUT2D eigenvalue weighted by Crippen LogP contribution is -2.34. The Balaban J connectivity index is 2.08. The van der Waals surface area contributed by atoms with Crippen LogP contribution in [0, 0.1) is 5.82 Å². The number of hydrogen-bond donors (Lipinski definition) is 1. The van der Waals surface area contributed by atoms with Crippen molar-refractivity contribution in [1.29, 1.82) is 0 Å². The Morgan fingerprint density at radius 3 is 3.13 bits per heavy atom. The van der Waals surface area contributed by atoms with Gasteiger partial charge in [0.2, 0.25) is 0 Å². The van der Waals surface area contributed by atoms with Crippen LogP contribution in [0.25, 0.3) is 0 Å². The van der Waals surface area contributed by atoms with E-state index in [4.69, 9.17) is 10.5 Å². The number of nitrogens with two attached hydrogens (primary N) is 1. The van der Waals surface area contributed by atoms with Gasteiger partial charge in [0.1, 0.15) is 5.82 Å². The number of nitrogens with zero attached hydrogens (tertiary/aromatic N) is 1. The molecule has 0 aromatic carbocycles. The predicted molar refractivity (Wildman–Crippen MR) is 58.2 cm³/mol. The van der Waals surface area contributed by atoms with Crippen LogP contribution in [-0.2, 0) is 4.74 Å². The van der Waals surface area contributed by atoms with Crippen molar-refractivity contribution in [2.24, 2.45) is 5.73 Å². The first-order valence-corrected chi connectivity index (χ1v) is 5.98. The van der Waals surface area contributed by atoms with Crippen LogP contribution in [-0.4, -0.2) is 29.2 Å². The van der Waals surface area contributed by atoms with Gasteiger partial charge in [-0.2, -0.15) is 11.8 Å². The van der Waals surface area contributed by atoms with Gasteiger partial charge in [-0.1, -0.05) is 0 Å². The van der Waals surface area contributed by atoms with Crippen molar-refractivity contribution in [3.8, 4) is 0 Å². The lowest BCUT2D eigenvalue weighted by Gasteiger charge is -2.27. The molecule has 2 N–H and O–H groups in total. The van der Waals surface area contributed by atoms with Crippen molar-refractivity contribution in [2.75, 3.05) is 18.1 Å². The van der Waals surface area contributed by atoms with Gasteiger partial charge in [0.15, 0.2) is 0 Å². The molecule has 1 aromatic rings. The van der Waals surface area contributed by atoms with E-state index in [0.29, 0.717) is 12.2 Å². The molecule has 0 amide bonds. The van der Waals surface area contributed by atoms with Gasteiger partial charge in [-0.05, 0) is 11.6 Å². The summed E-state index contributed by atoms with van der Waals surface area (Å²) in [5.74, 6) is 1.51. The van der Waals surface area contributed by atoms with E-state index in [1.165, 1.54) is 12.3 Å². The minimum absolute atomic E-state index is 0.0349. The second kappa shape index (κ2) is 4.92. The first-order valence-electron chi connectivity index (χ1n) is 4.83. The minimum atomic E-state index is -0.355. The van der Waals surface area contributed by atoms with Gasteiger partial charge in [0, 0.05) is 17.7 Å². The summed E-state index contributed by atoms with van der Waals surface area (Å²) in [5.41, 5.74) is 6.69. The predicted octanol–water partition coefficient (Wildman–Crippen LogP) is 1.35. The Kier molecular flexibility index (Phi) is 3.56. The van der Waals surface area contributed by atoms with Crippen LogP contribution in [0.2, 0.25) is 0 Å². The molecule has 0 radical (unpaired) electrons. The normalized spacial score (nSPS) is 23.7. The largest absolute Gasteiger partial charge is 0.375 e. The van der Waals surface area contributed by atoms with E-state index in [0.717, 1.165) is 11.5 Å². The monoisotopic (exact) mass is 228 g/mol. The fourth-order valence-electron chi connectivity index (χ4n) is 1.54. The van der Waals surface area contributed by atoms with Gasteiger partial charge < -0.3 is 10.5 Å². The zero-order chi connectivity index (χ0) is 10.7. The third-order valence-corrected chi connectivity index (χ3v) is 3.37. The summed E-state index contributed by atoms with van der Waals surface area (Å²) in [5, 5.41) is 0. The standard InChI is InChI=1S/C10H13FN2OS/c11-8-3-7(4-13-5-8)10(12)9-6-15-2-1-14-9/h3-5,9-10H,1-2,6,12H2. The number of hydrogen-bond acceptors (Lipinski definition) is 4. The Labute approximate surface area is 92.2 Å². The molecular formula is C10H13FN2OS. The van der Waals surface area contributed by atoms with Crippen LogP contribution in [0.5, 0.6) is 0 Å². The Hall–Kier alpha value is -0.650. The average molecular weight is 228 g/mol. The van der Waals surface area contributed by atoms with Crippen LogP contribution in [0.4, 0.5) is 4.39 Å². The zero-order valence-corrected chi connectivity index (χ0v) is 9.04. The van der Waals surface area contributed by atoms with Crippen LogP contribution in [0.1, 0.15) is 11.6 Å². The topological polar surface area (TPSA) is 48.1 Å². The van der Waals surface area contributed by atoms with E-state index < -0.39 is 0 Å². The van der Waals surface area contributed by atoms with Gasteiger partial charge in [0.25, 0.3) is 0 Å². The van der Waals surface area contributed by atoms with E-state index in [9.17, 15) is 4.39 Å². The molecule has 1 fully saturated rings. The third kappa shape index (κ3) is 2.68. The molecule has 15 heavy (non-hydrogen) atoms. The maximum absolute atomic E-state index is 12.9. The summed E-state index contributed by atoms with van der Waals surface area (Å²) in [6.07, 6.45) is 2.73. The zero-order valence-electron chi connectivity index (χ0n) is 8.23. The van der Waals surface area contributed by atoms with Gasteiger partial charge in [-0.25, -0.2) is 4.39 Å². The molecule has 2 atom stereocenters. The van der Waals surface area contributed by atoms with Crippen LogP contribution < -0.4 is 5.73 Å². The number of ether oxygens (including phenoxy) is 1. The van der Waals surface area contributed by atoms with E-state index in [-0.39, 0.29) is 18.0 Å². The highest BCUT2D eigenvalue weighted by Gasteiger charge is 2.23. The van der Waals surface area contributed by atoms with E-state index in [1.807, 2.05) is 11.8 Å². The number of aromatic nitrogens is 1. The van der Waals surface area contributed by atoms with Crippen LogP contribution in [0.15, 0.2) is 18.5 Å². The minimum Gasteiger partial charge on any atom is -0.375 e. The lowest BCUT2D eigenvalue weighted by molar-refractivity contribution is 0.0568. The van der Waals surface area contributed by atoms with Gasteiger partial charge >= 0.3 is 0 Å². The quantitative estimate of drug-likeness (QED) is 0.830. The summed E-state index contributed by atoms with van der Waals surface area (Å²) in [4.78, 5) is 3.78. The van der Waals surface area contributed by atoms with Crippen molar-refractivity contribution in [3.05, 3.63) is 29.8 Å². The molecule has 0 spiro atoms. The summed E-state index contributed by atoms with van der Waals surface area (Å²) in [7, 11) is 0. The molecule has 0 bridgehead atoms. The SMILES string of the molecule is NC(c1cncc(F)c1)C1CSCCO1. The van der Waals surface area contributed by atoms with E-state index >= 15 is 0 Å². The maximum atomic E-state index is 12.9. The summed E-state index contributed by atoms with van der Waals surface area (Å²) >= 11 is 1.81. The molecule has 3 nitrogen and oxygen atoms in total. The van der Waals surface area contributed by atoms with Crippen molar-refractivity contribution in [2.45, 2.75) is 12.1 Å². The second-order valence-electron chi connectivity index (χ2n) is 3.45. The molecule has 82 valence electrons. The summed E-state index contributed by atoms with van der Waals surface area (Å²) in [6, 6.07) is 1.13. The molecule has 1 saturated heterocycles. The number of halogens is 1. The van der Waals surface area contributed by atoms with Gasteiger partial charge in [0.05, 0.1) is 24.9 Å². The fourth-order valence-corrected chi connectivity index (χ4v) is 2.46. The number of rotatable bonds is 2. The lowest BCUT2D eigenvalue weighted by atomic mass is 10.1. The molecule has 5 heteroatoms. The molecule has 1 aliphatic rings. The highest BCUT2D eigenvalue weighted by Crippen LogP contribution is 2.23. The first-order chi connectivity index (χ1) is 7.27.